The second-order valence-corrected chi connectivity index (χ2v) is 6.09. The molecule has 0 saturated carbocycles. The highest BCUT2D eigenvalue weighted by Crippen LogP contribution is 2.18. The third-order valence-electron chi connectivity index (χ3n) is 3.86. The van der Waals surface area contributed by atoms with Crippen molar-refractivity contribution in [1.82, 2.24) is 9.97 Å². The van der Waals surface area contributed by atoms with E-state index in [1.165, 1.54) is 13.0 Å². The lowest BCUT2D eigenvalue weighted by molar-refractivity contribution is 0.100. The number of carbonyl (C=O) groups is 2. The van der Waals surface area contributed by atoms with Crippen molar-refractivity contribution < 1.29 is 9.59 Å². The Morgan fingerprint density at radius 1 is 1.00 bits per heavy atom. The van der Waals surface area contributed by atoms with E-state index < -0.39 is 5.91 Å². The minimum absolute atomic E-state index is 0.0833. The number of amides is 1. The van der Waals surface area contributed by atoms with Crippen molar-refractivity contribution in [3.8, 4) is 6.07 Å². The van der Waals surface area contributed by atoms with Crippen molar-refractivity contribution in [2.24, 2.45) is 0 Å². The van der Waals surface area contributed by atoms with Gasteiger partial charge in [-0.3, -0.25) is 9.59 Å². The van der Waals surface area contributed by atoms with E-state index in [-0.39, 0.29) is 11.5 Å². The van der Waals surface area contributed by atoms with Crippen LogP contribution >= 0.6 is 0 Å². The van der Waals surface area contributed by atoms with Crippen LogP contribution in [0, 0.1) is 18.3 Å². The molecule has 0 unspecified atom stereocenters. The van der Waals surface area contributed by atoms with E-state index in [9.17, 15) is 9.59 Å². The molecule has 0 spiro atoms. The Kier molecular flexibility index (Phi) is 5.42. The molecule has 2 N–H and O–H groups in total. The third-order valence-corrected chi connectivity index (χ3v) is 3.86. The van der Waals surface area contributed by atoms with E-state index in [0.29, 0.717) is 34.1 Å². The molecule has 0 aliphatic carbocycles. The molecule has 0 bridgehead atoms. The highest BCUT2D eigenvalue weighted by atomic mass is 16.2. The summed E-state index contributed by atoms with van der Waals surface area (Å²) >= 11 is 0. The summed E-state index contributed by atoms with van der Waals surface area (Å²) in [6.45, 7) is 3.15. The maximum absolute atomic E-state index is 12.6. The first-order valence-corrected chi connectivity index (χ1v) is 8.50. The molecule has 1 heterocycles. The molecule has 1 amide bonds. The van der Waals surface area contributed by atoms with Crippen LogP contribution in [-0.4, -0.2) is 21.7 Å². The van der Waals surface area contributed by atoms with Gasteiger partial charge in [-0.2, -0.15) is 5.26 Å². The molecule has 7 heteroatoms. The summed E-state index contributed by atoms with van der Waals surface area (Å²) in [5.74, 6) is 0.356. The molecule has 28 heavy (non-hydrogen) atoms. The van der Waals surface area contributed by atoms with Gasteiger partial charge in [0.2, 0.25) is 0 Å². The lowest BCUT2D eigenvalue weighted by Gasteiger charge is -2.10. The topological polar surface area (TPSA) is 108 Å². The van der Waals surface area contributed by atoms with Crippen LogP contribution < -0.4 is 10.6 Å². The number of nitriles is 1. The lowest BCUT2D eigenvalue weighted by atomic mass is 10.1. The zero-order valence-electron chi connectivity index (χ0n) is 15.4. The van der Waals surface area contributed by atoms with Crippen LogP contribution in [0.2, 0.25) is 0 Å². The van der Waals surface area contributed by atoms with Gasteiger partial charge in [0.1, 0.15) is 17.3 Å². The fourth-order valence-electron chi connectivity index (χ4n) is 2.57. The number of hydrogen-bond acceptors (Lipinski definition) is 6. The SMILES string of the molecule is CC(=O)c1cccc(NC(=O)c2cc(Nc3cccc(C#N)c3)nc(C)n2)c1. The number of nitrogens with zero attached hydrogens (tertiary/aromatic N) is 3. The Morgan fingerprint density at radius 3 is 2.50 bits per heavy atom. The van der Waals surface area contributed by atoms with Crippen molar-refractivity contribution in [1.29, 1.82) is 5.26 Å². The summed E-state index contributed by atoms with van der Waals surface area (Å²) in [5.41, 5.74) is 2.39. The molecule has 0 aliphatic rings. The van der Waals surface area contributed by atoms with Gasteiger partial charge >= 0.3 is 0 Å². The number of nitrogens with one attached hydrogen (secondary N) is 2. The van der Waals surface area contributed by atoms with Gasteiger partial charge in [0.25, 0.3) is 5.91 Å². The van der Waals surface area contributed by atoms with Crippen LogP contribution in [0.25, 0.3) is 0 Å². The number of rotatable bonds is 5. The van der Waals surface area contributed by atoms with Gasteiger partial charge < -0.3 is 10.6 Å². The van der Waals surface area contributed by atoms with E-state index in [1.54, 1.807) is 55.5 Å². The highest BCUT2D eigenvalue weighted by Gasteiger charge is 2.12. The maximum atomic E-state index is 12.6. The summed E-state index contributed by atoms with van der Waals surface area (Å²) in [6.07, 6.45) is 0. The van der Waals surface area contributed by atoms with Crippen LogP contribution in [0.15, 0.2) is 54.6 Å². The molecule has 3 rings (SSSR count). The third kappa shape index (κ3) is 4.56. The summed E-state index contributed by atoms with van der Waals surface area (Å²) in [4.78, 5) is 32.6. The van der Waals surface area contributed by atoms with E-state index in [4.69, 9.17) is 5.26 Å². The summed E-state index contributed by atoms with van der Waals surface area (Å²) < 4.78 is 0. The van der Waals surface area contributed by atoms with E-state index in [2.05, 4.69) is 26.7 Å². The Morgan fingerprint density at radius 2 is 1.75 bits per heavy atom. The number of ketones is 1. The fraction of sp³-hybridized carbons (Fsp3) is 0.0952. The van der Waals surface area contributed by atoms with Crippen molar-refractivity contribution in [3.63, 3.8) is 0 Å². The summed E-state index contributed by atoms with van der Waals surface area (Å²) in [6, 6.07) is 17.2. The van der Waals surface area contributed by atoms with Gasteiger partial charge in [0.15, 0.2) is 5.78 Å². The minimum Gasteiger partial charge on any atom is -0.340 e. The molecule has 138 valence electrons. The number of benzene rings is 2. The van der Waals surface area contributed by atoms with Crippen molar-refractivity contribution in [2.45, 2.75) is 13.8 Å². The van der Waals surface area contributed by atoms with Crippen molar-refractivity contribution >= 4 is 28.9 Å². The molecular formula is C21H17N5O2. The standard InChI is InChI=1S/C21H17N5O2/c1-13(27)16-6-4-8-18(10-16)26-21(28)19-11-20(24-14(2)23-19)25-17-7-3-5-15(9-17)12-22/h3-11H,1-2H3,(H,26,28)(H,23,24,25). The largest absolute Gasteiger partial charge is 0.340 e. The van der Waals surface area contributed by atoms with Crippen molar-refractivity contribution in [2.75, 3.05) is 10.6 Å². The summed E-state index contributed by atoms with van der Waals surface area (Å²) in [5, 5.41) is 14.8. The average Bonchev–Trinajstić information content (AvgIpc) is 2.68. The Hall–Kier alpha value is -4.05. The van der Waals surface area contributed by atoms with E-state index >= 15 is 0 Å². The quantitative estimate of drug-likeness (QED) is 0.660. The van der Waals surface area contributed by atoms with Gasteiger partial charge in [0, 0.05) is 23.0 Å². The normalized spacial score (nSPS) is 10.0. The van der Waals surface area contributed by atoms with Crippen LogP contribution in [0.5, 0.6) is 0 Å². The number of Topliss-reactive ketones (excluding diaryl/α,β-unsaturated/α-hetero) is 1. The first-order valence-electron chi connectivity index (χ1n) is 8.50. The van der Waals surface area contributed by atoms with Crippen LogP contribution in [0.1, 0.15) is 39.2 Å². The van der Waals surface area contributed by atoms with E-state index in [1.807, 2.05) is 0 Å². The number of carbonyl (C=O) groups excluding carboxylic acids is 2. The van der Waals surface area contributed by atoms with Gasteiger partial charge in [-0.25, -0.2) is 9.97 Å². The predicted octanol–water partition coefficient (Wildman–Crippen LogP) is 3.86. The Labute approximate surface area is 162 Å². The van der Waals surface area contributed by atoms with E-state index in [0.717, 1.165) is 0 Å². The summed E-state index contributed by atoms with van der Waals surface area (Å²) in [7, 11) is 0. The Bertz CT molecular complexity index is 1100. The minimum atomic E-state index is -0.417. The first kappa shape index (κ1) is 18.7. The number of aromatic nitrogens is 2. The Balaban J connectivity index is 1.82. The molecule has 0 radical (unpaired) electrons. The average molecular weight is 371 g/mol. The lowest BCUT2D eigenvalue weighted by Crippen LogP contribution is -2.15. The van der Waals surface area contributed by atoms with Gasteiger partial charge in [-0.15, -0.1) is 0 Å². The predicted molar refractivity (Wildman–Crippen MR) is 106 cm³/mol. The van der Waals surface area contributed by atoms with Crippen LogP contribution in [0.3, 0.4) is 0 Å². The highest BCUT2D eigenvalue weighted by molar-refractivity contribution is 6.04. The van der Waals surface area contributed by atoms with Gasteiger partial charge in [-0.1, -0.05) is 18.2 Å². The molecule has 0 saturated heterocycles. The monoisotopic (exact) mass is 371 g/mol. The molecule has 0 aliphatic heterocycles. The van der Waals surface area contributed by atoms with Crippen molar-refractivity contribution in [3.05, 3.63) is 77.2 Å². The first-order chi connectivity index (χ1) is 13.4. The van der Waals surface area contributed by atoms with Gasteiger partial charge in [0.05, 0.1) is 11.6 Å². The second-order valence-electron chi connectivity index (χ2n) is 6.09. The molecule has 3 aromatic rings. The molecular weight excluding hydrogens is 354 g/mol. The number of anilines is 3. The fourth-order valence-corrected chi connectivity index (χ4v) is 2.57. The number of aryl methyl sites for hydroxylation is 1. The molecule has 0 atom stereocenters. The molecule has 1 aromatic heterocycles. The molecule has 7 nitrogen and oxygen atoms in total. The number of hydrogen-bond donors (Lipinski definition) is 2. The smallest absolute Gasteiger partial charge is 0.274 e. The maximum Gasteiger partial charge on any atom is 0.274 e. The molecule has 2 aromatic carbocycles. The van der Waals surface area contributed by atoms with Crippen LogP contribution in [-0.2, 0) is 0 Å². The molecule has 0 fully saturated rings. The second kappa shape index (κ2) is 8.10. The van der Waals surface area contributed by atoms with Gasteiger partial charge in [-0.05, 0) is 44.2 Å². The zero-order chi connectivity index (χ0) is 20.1. The zero-order valence-corrected chi connectivity index (χ0v) is 15.4. The van der Waals surface area contributed by atoms with Crippen LogP contribution in [0.4, 0.5) is 17.2 Å².